The molecule has 2 N–H and O–H groups in total. The molecule has 1 atom stereocenters. The average Bonchev–Trinajstić information content (AvgIpc) is 2.98. The normalized spacial score (nSPS) is 17.4. The lowest BCUT2D eigenvalue weighted by Gasteiger charge is -2.18. The van der Waals surface area contributed by atoms with Crippen molar-refractivity contribution >= 4 is 17.7 Å². The Kier molecular flexibility index (Phi) is 4.01. The first kappa shape index (κ1) is 12.4. The predicted octanol–water partition coefficient (Wildman–Crippen LogP) is 0.631. The number of thioether (sulfide) groups is 1. The minimum Gasteiger partial charge on any atom is -0.415 e. The van der Waals surface area contributed by atoms with Crippen LogP contribution < -0.4 is 5.73 Å². The number of carbonyl (C=O) groups excluding carboxylic acids is 1. The predicted molar refractivity (Wildman–Crippen MR) is 63.3 cm³/mol. The molecule has 1 aliphatic heterocycles. The van der Waals surface area contributed by atoms with Gasteiger partial charge in [-0.15, -0.1) is 10.2 Å². The van der Waals surface area contributed by atoms with E-state index in [-0.39, 0.29) is 17.7 Å². The van der Waals surface area contributed by atoms with E-state index in [0.29, 0.717) is 11.1 Å². The second kappa shape index (κ2) is 5.50. The van der Waals surface area contributed by atoms with Gasteiger partial charge in [-0.3, -0.25) is 4.79 Å². The molecule has 1 saturated heterocycles. The second-order valence-corrected chi connectivity index (χ2v) is 5.25. The first-order chi connectivity index (χ1) is 8.20. The van der Waals surface area contributed by atoms with Gasteiger partial charge in [-0.2, -0.15) is 0 Å². The lowest BCUT2D eigenvalue weighted by Crippen LogP contribution is -2.34. The van der Waals surface area contributed by atoms with Gasteiger partial charge < -0.3 is 15.1 Å². The minimum atomic E-state index is -0.195. The van der Waals surface area contributed by atoms with Crippen molar-refractivity contribution in [3.63, 3.8) is 0 Å². The number of nitrogens with two attached hydrogens (primary N) is 1. The molecule has 0 aromatic carbocycles. The molecule has 0 aliphatic carbocycles. The summed E-state index contributed by atoms with van der Waals surface area (Å²) in [5, 5.41) is 7.80. The van der Waals surface area contributed by atoms with Gasteiger partial charge in [0.15, 0.2) is 0 Å². The van der Waals surface area contributed by atoms with E-state index in [9.17, 15) is 4.79 Å². The van der Waals surface area contributed by atoms with E-state index < -0.39 is 0 Å². The molecule has 1 aromatic heterocycles. The number of carbonyl (C=O) groups is 1. The third-order valence-corrected chi connectivity index (χ3v) is 3.59. The van der Waals surface area contributed by atoms with Gasteiger partial charge in [0.1, 0.15) is 0 Å². The van der Waals surface area contributed by atoms with Crippen molar-refractivity contribution < 1.29 is 9.21 Å². The number of hydrogen-bond donors (Lipinski definition) is 1. The fraction of sp³-hybridized carbons (Fsp3) is 0.700. The van der Waals surface area contributed by atoms with E-state index in [4.69, 9.17) is 10.2 Å². The number of amides is 1. The summed E-state index contributed by atoms with van der Waals surface area (Å²) in [7, 11) is 0. The molecule has 0 radical (unpaired) electrons. The van der Waals surface area contributed by atoms with Crippen molar-refractivity contribution in [1.29, 1.82) is 0 Å². The highest BCUT2D eigenvalue weighted by Crippen LogP contribution is 2.24. The van der Waals surface area contributed by atoms with Crippen molar-refractivity contribution in [3.05, 3.63) is 5.89 Å². The van der Waals surface area contributed by atoms with Gasteiger partial charge in [0.25, 0.3) is 5.22 Å². The van der Waals surface area contributed by atoms with Crippen molar-refractivity contribution in [3.8, 4) is 0 Å². The van der Waals surface area contributed by atoms with Gasteiger partial charge in [0.2, 0.25) is 11.8 Å². The zero-order valence-electron chi connectivity index (χ0n) is 9.76. The van der Waals surface area contributed by atoms with E-state index in [2.05, 4.69) is 10.2 Å². The van der Waals surface area contributed by atoms with Crippen LogP contribution >= 0.6 is 11.8 Å². The third kappa shape index (κ3) is 2.98. The summed E-state index contributed by atoms with van der Waals surface area (Å²) >= 11 is 1.29. The Morgan fingerprint density at radius 2 is 2.24 bits per heavy atom. The number of likely N-dealkylation sites (tertiary alicyclic amines) is 1. The fourth-order valence-corrected chi connectivity index (χ4v) is 2.55. The van der Waals surface area contributed by atoms with Gasteiger partial charge in [0.05, 0.1) is 11.8 Å². The molecule has 1 fully saturated rings. The molecule has 94 valence electrons. The number of hydrogen-bond acceptors (Lipinski definition) is 6. The Bertz CT molecular complexity index is 389. The summed E-state index contributed by atoms with van der Waals surface area (Å²) in [4.78, 5) is 13.9. The molecule has 1 unspecified atom stereocenters. The SMILES string of the molecule is CC(Sc1nnc(CN)o1)C(=O)N1CCCC1. The summed E-state index contributed by atoms with van der Waals surface area (Å²) in [6.45, 7) is 3.81. The first-order valence-corrected chi connectivity index (χ1v) is 6.56. The molecule has 6 nitrogen and oxygen atoms in total. The van der Waals surface area contributed by atoms with Crippen LogP contribution in [-0.4, -0.2) is 39.3 Å². The number of rotatable bonds is 4. The van der Waals surface area contributed by atoms with Gasteiger partial charge in [-0.1, -0.05) is 11.8 Å². The maximum Gasteiger partial charge on any atom is 0.277 e. The Morgan fingerprint density at radius 1 is 1.53 bits per heavy atom. The Balaban J connectivity index is 1.91. The van der Waals surface area contributed by atoms with Crippen molar-refractivity contribution in [2.24, 2.45) is 5.73 Å². The van der Waals surface area contributed by atoms with E-state index in [1.54, 1.807) is 0 Å². The molecule has 1 amide bonds. The molecule has 1 aromatic rings. The first-order valence-electron chi connectivity index (χ1n) is 5.68. The molecule has 0 bridgehead atoms. The minimum absolute atomic E-state index is 0.139. The fourth-order valence-electron chi connectivity index (χ4n) is 1.76. The number of nitrogens with zero attached hydrogens (tertiary/aromatic N) is 3. The van der Waals surface area contributed by atoms with Crippen LogP contribution in [0.2, 0.25) is 0 Å². The van der Waals surface area contributed by atoms with E-state index >= 15 is 0 Å². The Labute approximate surface area is 104 Å². The van der Waals surface area contributed by atoms with Crippen LogP contribution in [0, 0.1) is 0 Å². The van der Waals surface area contributed by atoms with Gasteiger partial charge in [0, 0.05) is 13.1 Å². The van der Waals surface area contributed by atoms with Gasteiger partial charge in [-0.05, 0) is 19.8 Å². The third-order valence-electron chi connectivity index (χ3n) is 2.67. The summed E-state index contributed by atoms with van der Waals surface area (Å²) in [6, 6.07) is 0. The van der Waals surface area contributed by atoms with Crippen LogP contribution in [0.4, 0.5) is 0 Å². The molecule has 2 heterocycles. The van der Waals surface area contributed by atoms with E-state index in [0.717, 1.165) is 25.9 Å². The molecule has 7 heteroatoms. The van der Waals surface area contributed by atoms with E-state index in [1.807, 2.05) is 11.8 Å². The monoisotopic (exact) mass is 256 g/mol. The Hall–Kier alpha value is -1.08. The average molecular weight is 256 g/mol. The van der Waals surface area contributed by atoms with E-state index in [1.165, 1.54) is 11.8 Å². The van der Waals surface area contributed by atoms with Crippen LogP contribution in [0.25, 0.3) is 0 Å². The molecule has 17 heavy (non-hydrogen) atoms. The van der Waals surface area contributed by atoms with Crippen molar-refractivity contribution in [2.45, 2.75) is 36.8 Å². The van der Waals surface area contributed by atoms with Gasteiger partial charge in [-0.25, -0.2) is 0 Å². The van der Waals surface area contributed by atoms with Crippen LogP contribution in [0.15, 0.2) is 9.64 Å². The molecular weight excluding hydrogens is 240 g/mol. The zero-order chi connectivity index (χ0) is 12.3. The number of aromatic nitrogens is 2. The summed E-state index contributed by atoms with van der Waals surface area (Å²) < 4.78 is 5.26. The molecule has 1 aliphatic rings. The molecule has 0 saturated carbocycles. The van der Waals surface area contributed by atoms with Crippen LogP contribution in [0.1, 0.15) is 25.7 Å². The standard InChI is InChI=1S/C10H16N4O2S/c1-7(9(15)14-4-2-3-5-14)17-10-13-12-8(6-11)16-10/h7H,2-6,11H2,1H3. The summed E-state index contributed by atoms with van der Waals surface area (Å²) in [6.07, 6.45) is 2.20. The van der Waals surface area contributed by atoms with Crippen LogP contribution in [-0.2, 0) is 11.3 Å². The lowest BCUT2D eigenvalue weighted by atomic mass is 10.4. The zero-order valence-corrected chi connectivity index (χ0v) is 10.6. The van der Waals surface area contributed by atoms with Gasteiger partial charge >= 0.3 is 0 Å². The topological polar surface area (TPSA) is 85.2 Å². The second-order valence-electron chi connectivity index (χ2n) is 3.96. The maximum atomic E-state index is 12.0. The lowest BCUT2D eigenvalue weighted by molar-refractivity contribution is -0.129. The maximum absolute atomic E-state index is 12.0. The highest BCUT2D eigenvalue weighted by Gasteiger charge is 2.25. The van der Waals surface area contributed by atoms with Crippen LogP contribution in [0.3, 0.4) is 0 Å². The summed E-state index contributed by atoms with van der Waals surface area (Å²) in [5.74, 6) is 0.535. The highest BCUT2D eigenvalue weighted by atomic mass is 32.2. The molecular formula is C10H16N4O2S. The smallest absolute Gasteiger partial charge is 0.277 e. The quantitative estimate of drug-likeness (QED) is 0.795. The Morgan fingerprint density at radius 3 is 2.82 bits per heavy atom. The largest absolute Gasteiger partial charge is 0.415 e. The molecule has 2 rings (SSSR count). The summed E-state index contributed by atoms with van der Waals surface area (Å²) in [5.41, 5.74) is 5.37. The van der Waals surface area contributed by atoms with Crippen LogP contribution in [0.5, 0.6) is 0 Å². The highest BCUT2D eigenvalue weighted by molar-refractivity contribution is 8.00. The van der Waals surface area contributed by atoms with Crippen molar-refractivity contribution in [2.75, 3.05) is 13.1 Å². The van der Waals surface area contributed by atoms with Crippen molar-refractivity contribution in [1.82, 2.24) is 15.1 Å². The molecule has 0 spiro atoms.